The van der Waals surface area contributed by atoms with Gasteiger partial charge in [0.15, 0.2) is 0 Å². The van der Waals surface area contributed by atoms with Crippen molar-refractivity contribution in [3.63, 3.8) is 0 Å². The molecule has 2 nitrogen and oxygen atoms in total. The zero-order valence-electron chi connectivity index (χ0n) is 10.7. The monoisotopic (exact) mass is 222 g/mol. The van der Waals surface area contributed by atoms with Crippen molar-refractivity contribution in [2.75, 3.05) is 7.11 Å². The fourth-order valence-corrected chi connectivity index (χ4v) is 1.90. The second kappa shape index (κ2) is 5.33. The number of methoxy groups -OCH3 is 1. The smallest absolute Gasteiger partial charge is 0.315 e. The van der Waals surface area contributed by atoms with Crippen LogP contribution in [0.1, 0.15) is 40.0 Å². The molecular formula is C14H22O2. The summed E-state index contributed by atoms with van der Waals surface area (Å²) in [6, 6.07) is 0. The predicted molar refractivity (Wildman–Crippen MR) is 66.0 cm³/mol. The topological polar surface area (TPSA) is 26.3 Å². The highest BCUT2D eigenvalue weighted by atomic mass is 16.5. The Morgan fingerprint density at radius 3 is 2.69 bits per heavy atom. The first-order valence-corrected chi connectivity index (χ1v) is 5.95. The molecule has 1 atom stereocenters. The van der Waals surface area contributed by atoms with Gasteiger partial charge in [0.05, 0.1) is 12.5 Å². The van der Waals surface area contributed by atoms with Crippen molar-refractivity contribution < 1.29 is 9.53 Å². The molecular weight excluding hydrogens is 200 g/mol. The number of hydrogen-bond donors (Lipinski definition) is 0. The minimum atomic E-state index is -0.364. The highest BCUT2D eigenvalue weighted by molar-refractivity contribution is 5.82. The van der Waals surface area contributed by atoms with Crippen LogP contribution in [0.15, 0.2) is 23.8 Å². The van der Waals surface area contributed by atoms with Crippen LogP contribution < -0.4 is 0 Å². The second-order valence-electron chi connectivity index (χ2n) is 5.07. The minimum Gasteiger partial charge on any atom is -0.468 e. The molecule has 1 aliphatic carbocycles. The zero-order valence-corrected chi connectivity index (χ0v) is 10.7. The van der Waals surface area contributed by atoms with Crippen LogP contribution in [0.4, 0.5) is 0 Å². The van der Waals surface area contributed by atoms with Gasteiger partial charge in [-0.1, -0.05) is 37.6 Å². The third-order valence-electron chi connectivity index (χ3n) is 3.28. The number of hydrogen-bond acceptors (Lipinski definition) is 2. The summed E-state index contributed by atoms with van der Waals surface area (Å²) in [6.07, 6.45) is 9.30. The summed E-state index contributed by atoms with van der Waals surface area (Å²) < 4.78 is 4.83. The maximum absolute atomic E-state index is 11.6. The highest BCUT2D eigenvalue weighted by Gasteiger charge is 2.44. The van der Waals surface area contributed by atoms with Gasteiger partial charge in [0.1, 0.15) is 0 Å². The van der Waals surface area contributed by atoms with Crippen LogP contribution in [0.25, 0.3) is 0 Å². The van der Waals surface area contributed by atoms with E-state index in [4.69, 9.17) is 4.74 Å². The van der Waals surface area contributed by atoms with E-state index in [1.807, 2.05) is 6.92 Å². The molecule has 0 radical (unpaired) electrons. The molecule has 1 saturated carbocycles. The SMILES string of the molecule is COC(=O)C1(C)CC/C1=C\C=C/CC(C)C. The van der Waals surface area contributed by atoms with E-state index in [1.54, 1.807) is 0 Å². The first-order valence-electron chi connectivity index (χ1n) is 5.95. The fourth-order valence-electron chi connectivity index (χ4n) is 1.90. The lowest BCUT2D eigenvalue weighted by atomic mass is 9.65. The van der Waals surface area contributed by atoms with Crippen LogP contribution in [-0.2, 0) is 9.53 Å². The summed E-state index contributed by atoms with van der Waals surface area (Å²) in [5.74, 6) is 0.574. The third-order valence-corrected chi connectivity index (χ3v) is 3.28. The summed E-state index contributed by atoms with van der Waals surface area (Å²) >= 11 is 0. The van der Waals surface area contributed by atoms with Crippen molar-refractivity contribution in [2.24, 2.45) is 11.3 Å². The normalized spacial score (nSPS) is 27.4. The Kier molecular flexibility index (Phi) is 4.34. The van der Waals surface area contributed by atoms with Gasteiger partial charge < -0.3 is 4.74 Å². The van der Waals surface area contributed by atoms with Crippen LogP contribution in [0.5, 0.6) is 0 Å². The molecule has 0 amide bonds. The number of esters is 1. The number of ether oxygens (including phenoxy) is 1. The van der Waals surface area contributed by atoms with Gasteiger partial charge in [0.2, 0.25) is 0 Å². The molecule has 0 aliphatic heterocycles. The van der Waals surface area contributed by atoms with Gasteiger partial charge in [-0.05, 0) is 32.1 Å². The van der Waals surface area contributed by atoms with E-state index >= 15 is 0 Å². The minimum absolute atomic E-state index is 0.109. The maximum Gasteiger partial charge on any atom is 0.315 e. The summed E-state index contributed by atoms with van der Waals surface area (Å²) in [7, 11) is 1.46. The average molecular weight is 222 g/mol. The Morgan fingerprint density at radius 2 is 2.25 bits per heavy atom. The van der Waals surface area contributed by atoms with Crippen LogP contribution in [0.2, 0.25) is 0 Å². The third kappa shape index (κ3) is 2.75. The zero-order chi connectivity index (χ0) is 12.2. The van der Waals surface area contributed by atoms with Gasteiger partial charge in [-0.15, -0.1) is 0 Å². The lowest BCUT2D eigenvalue weighted by molar-refractivity contribution is -0.152. The van der Waals surface area contributed by atoms with Crippen molar-refractivity contribution >= 4 is 5.97 Å². The Balaban J connectivity index is 2.58. The number of allylic oxidation sites excluding steroid dienone is 3. The maximum atomic E-state index is 11.6. The van der Waals surface area contributed by atoms with Gasteiger partial charge in [-0.2, -0.15) is 0 Å². The average Bonchev–Trinajstić information content (AvgIpc) is 2.24. The van der Waals surface area contributed by atoms with Crippen LogP contribution in [0.3, 0.4) is 0 Å². The molecule has 2 heteroatoms. The molecule has 0 heterocycles. The summed E-state index contributed by atoms with van der Waals surface area (Å²) in [6.45, 7) is 6.35. The van der Waals surface area contributed by atoms with Crippen LogP contribution in [-0.4, -0.2) is 13.1 Å². The fraction of sp³-hybridized carbons (Fsp3) is 0.643. The molecule has 1 rings (SSSR count). The van der Waals surface area contributed by atoms with Crippen LogP contribution in [0, 0.1) is 11.3 Å². The van der Waals surface area contributed by atoms with E-state index in [-0.39, 0.29) is 11.4 Å². The summed E-state index contributed by atoms with van der Waals surface area (Å²) in [5, 5.41) is 0. The van der Waals surface area contributed by atoms with Crippen molar-refractivity contribution in [1.29, 1.82) is 0 Å². The van der Waals surface area contributed by atoms with E-state index in [2.05, 4.69) is 32.1 Å². The molecule has 0 aromatic carbocycles. The molecule has 0 aromatic heterocycles. The number of rotatable bonds is 4. The van der Waals surface area contributed by atoms with Gasteiger partial charge in [0, 0.05) is 0 Å². The lowest BCUT2D eigenvalue weighted by Crippen LogP contribution is -2.38. The van der Waals surface area contributed by atoms with Crippen LogP contribution >= 0.6 is 0 Å². The van der Waals surface area contributed by atoms with E-state index in [0.717, 1.165) is 19.3 Å². The largest absolute Gasteiger partial charge is 0.468 e. The summed E-state index contributed by atoms with van der Waals surface area (Å²) in [5.41, 5.74) is 0.830. The molecule has 90 valence electrons. The predicted octanol–water partition coefficient (Wildman–Crippen LogP) is 3.49. The standard InChI is InChI=1S/C14H22O2/c1-11(2)7-5-6-8-12-9-10-14(12,3)13(15)16-4/h5-6,8,11H,7,9-10H2,1-4H3/b6-5-,12-8+. The van der Waals surface area contributed by atoms with Gasteiger partial charge in [-0.25, -0.2) is 0 Å². The first kappa shape index (κ1) is 13.0. The van der Waals surface area contributed by atoms with Crippen molar-refractivity contribution in [3.8, 4) is 0 Å². The number of carbonyl (C=O) groups is 1. The van der Waals surface area contributed by atoms with Crippen molar-refractivity contribution in [2.45, 2.75) is 40.0 Å². The molecule has 0 saturated heterocycles. The summed E-state index contributed by atoms with van der Waals surface area (Å²) in [4.78, 5) is 11.6. The van der Waals surface area contributed by atoms with E-state index in [9.17, 15) is 4.79 Å². The molecule has 0 spiro atoms. The Bertz CT molecular complexity index is 313. The Labute approximate surface area is 98.4 Å². The lowest BCUT2D eigenvalue weighted by Gasteiger charge is -2.38. The quantitative estimate of drug-likeness (QED) is 0.681. The van der Waals surface area contributed by atoms with Gasteiger partial charge in [0.25, 0.3) is 0 Å². The molecule has 1 aliphatic rings. The Hall–Kier alpha value is -1.05. The van der Waals surface area contributed by atoms with Gasteiger partial charge >= 0.3 is 5.97 Å². The first-order chi connectivity index (χ1) is 7.50. The van der Waals surface area contributed by atoms with Gasteiger partial charge in [-0.3, -0.25) is 4.79 Å². The molecule has 16 heavy (non-hydrogen) atoms. The second-order valence-corrected chi connectivity index (χ2v) is 5.07. The van der Waals surface area contributed by atoms with E-state index in [0.29, 0.717) is 5.92 Å². The molecule has 1 unspecified atom stereocenters. The highest BCUT2D eigenvalue weighted by Crippen LogP contribution is 2.46. The Morgan fingerprint density at radius 1 is 1.56 bits per heavy atom. The van der Waals surface area contributed by atoms with E-state index < -0.39 is 0 Å². The van der Waals surface area contributed by atoms with Crippen molar-refractivity contribution in [1.82, 2.24) is 0 Å². The number of carbonyl (C=O) groups excluding carboxylic acids is 1. The molecule has 0 aromatic rings. The van der Waals surface area contributed by atoms with Crippen molar-refractivity contribution in [3.05, 3.63) is 23.8 Å². The molecule has 0 N–H and O–H groups in total. The van der Waals surface area contributed by atoms with E-state index in [1.165, 1.54) is 12.7 Å². The molecule has 0 bridgehead atoms. The molecule has 1 fully saturated rings.